The van der Waals surface area contributed by atoms with Crippen molar-refractivity contribution in [1.29, 1.82) is 5.26 Å². The molecule has 1 amide bonds. The highest BCUT2D eigenvalue weighted by Gasteiger charge is 2.24. The van der Waals surface area contributed by atoms with Gasteiger partial charge in [0.2, 0.25) is 0 Å². The van der Waals surface area contributed by atoms with Crippen LogP contribution in [-0.4, -0.2) is 25.0 Å². The van der Waals surface area contributed by atoms with E-state index in [0.29, 0.717) is 28.9 Å². The quantitative estimate of drug-likeness (QED) is 0.889. The molecular formula is C15H19ClN3O+. The number of amides is 1. The number of carbonyl (C=O) groups excluding carboxylic acids is 1. The molecular weight excluding hydrogens is 274 g/mol. The van der Waals surface area contributed by atoms with E-state index in [1.165, 1.54) is 24.2 Å². The first-order valence-electron chi connectivity index (χ1n) is 6.94. The lowest BCUT2D eigenvalue weighted by atomic mass is 10.0. The second-order valence-corrected chi connectivity index (χ2v) is 5.77. The number of hydrogen-bond donors (Lipinski definition) is 2. The highest BCUT2D eigenvalue weighted by molar-refractivity contribution is 6.31. The Hall–Kier alpha value is -1.57. The number of hydrogen-bond acceptors (Lipinski definition) is 2. The van der Waals surface area contributed by atoms with Crippen LogP contribution in [0.4, 0.5) is 5.69 Å². The maximum absolute atomic E-state index is 12.1. The van der Waals surface area contributed by atoms with Crippen LogP contribution in [-0.2, 0) is 4.79 Å². The molecule has 1 unspecified atom stereocenters. The van der Waals surface area contributed by atoms with Gasteiger partial charge in [0.1, 0.15) is 6.07 Å². The summed E-state index contributed by atoms with van der Waals surface area (Å²) < 4.78 is 0. The monoisotopic (exact) mass is 292 g/mol. The molecule has 106 valence electrons. The van der Waals surface area contributed by atoms with Gasteiger partial charge in [-0.1, -0.05) is 11.6 Å². The number of quaternary nitrogens is 1. The van der Waals surface area contributed by atoms with Crippen LogP contribution in [0.5, 0.6) is 0 Å². The molecule has 1 heterocycles. The second kappa shape index (κ2) is 6.74. The summed E-state index contributed by atoms with van der Waals surface area (Å²) >= 11 is 5.91. The van der Waals surface area contributed by atoms with Crippen molar-refractivity contribution in [2.24, 2.45) is 0 Å². The molecule has 2 atom stereocenters. The van der Waals surface area contributed by atoms with Gasteiger partial charge in [-0.2, -0.15) is 5.26 Å². The van der Waals surface area contributed by atoms with Crippen molar-refractivity contribution in [2.45, 2.75) is 32.2 Å². The number of likely N-dealkylation sites (tertiary alicyclic amines) is 1. The molecule has 1 aromatic carbocycles. The van der Waals surface area contributed by atoms with Gasteiger partial charge in [-0.3, -0.25) is 4.79 Å². The smallest absolute Gasteiger partial charge is 0.279 e. The second-order valence-electron chi connectivity index (χ2n) is 5.33. The number of piperidine rings is 1. The number of carbonyl (C=O) groups is 1. The molecule has 0 aliphatic carbocycles. The Labute approximate surface area is 124 Å². The van der Waals surface area contributed by atoms with Crippen molar-refractivity contribution in [3.63, 3.8) is 0 Å². The molecule has 1 saturated heterocycles. The predicted molar refractivity (Wildman–Crippen MR) is 78.8 cm³/mol. The van der Waals surface area contributed by atoms with Crippen LogP contribution in [0.2, 0.25) is 5.02 Å². The molecule has 5 heteroatoms. The highest BCUT2D eigenvalue weighted by Crippen LogP contribution is 2.20. The van der Waals surface area contributed by atoms with E-state index in [2.05, 4.69) is 18.3 Å². The van der Waals surface area contributed by atoms with E-state index in [9.17, 15) is 4.79 Å². The Morgan fingerprint density at radius 3 is 3.05 bits per heavy atom. The van der Waals surface area contributed by atoms with Crippen LogP contribution in [0, 0.1) is 11.3 Å². The molecule has 1 fully saturated rings. The number of nitrogens with one attached hydrogen (secondary N) is 2. The lowest BCUT2D eigenvalue weighted by molar-refractivity contribution is -0.920. The van der Waals surface area contributed by atoms with Crippen LogP contribution in [0.1, 0.15) is 31.7 Å². The van der Waals surface area contributed by atoms with E-state index in [-0.39, 0.29) is 5.91 Å². The van der Waals surface area contributed by atoms with Crippen molar-refractivity contribution in [3.05, 3.63) is 28.8 Å². The molecule has 4 nitrogen and oxygen atoms in total. The zero-order chi connectivity index (χ0) is 14.5. The predicted octanol–water partition coefficient (Wildman–Crippen LogP) is 1.61. The van der Waals surface area contributed by atoms with Crippen molar-refractivity contribution >= 4 is 23.2 Å². The van der Waals surface area contributed by atoms with E-state index in [4.69, 9.17) is 16.9 Å². The molecule has 2 rings (SSSR count). The SMILES string of the molecule is C[C@H]1CCCC[NH+]1CC(=O)Nc1cc(Cl)ccc1C#N. The maximum atomic E-state index is 12.1. The minimum absolute atomic E-state index is 0.0625. The number of rotatable bonds is 3. The molecule has 2 N–H and O–H groups in total. The Balaban J connectivity index is 2.01. The van der Waals surface area contributed by atoms with Crippen LogP contribution in [0.25, 0.3) is 0 Å². The fourth-order valence-corrected chi connectivity index (χ4v) is 2.81. The number of nitrogens with zero attached hydrogens (tertiary/aromatic N) is 1. The number of halogens is 1. The molecule has 0 spiro atoms. The largest absolute Gasteiger partial charge is 0.325 e. The summed E-state index contributed by atoms with van der Waals surface area (Å²) in [7, 11) is 0. The van der Waals surface area contributed by atoms with Crippen molar-refractivity contribution < 1.29 is 9.69 Å². The van der Waals surface area contributed by atoms with E-state index in [1.54, 1.807) is 18.2 Å². The van der Waals surface area contributed by atoms with Gasteiger partial charge in [-0.25, -0.2) is 0 Å². The topological polar surface area (TPSA) is 57.3 Å². The molecule has 0 bridgehead atoms. The lowest BCUT2D eigenvalue weighted by Crippen LogP contribution is -3.17. The van der Waals surface area contributed by atoms with Gasteiger partial charge in [0.05, 0.1) is 23.8 Å². The maximum Gasteiger partial charge on any atom is 0.279 e. The summed E-state index contributed by atoms with van der Waals surface area (Å²) in [6, 6.07) is 7.46. The summed E-state index contributed by atoms with van der Waals surface area (Å²) in [5, 5.41) is 12.4. The molecule has 1 aliphatic rings. The van der Waals surface area contributed by atoms with E-state index < -0.39 is 0 Å². The minimum Gasteiger partial charge on any atom is -0.325 e. The zero-order valence-corrected chi connectivity index (χ0v) is 12.3. The van der Waals surface area contributed by atoms with Gasteiger partial charge in [0.25, 0.3) is 5.91 Å². The average molecular weight is 293 g/mol. The molecule has 0 saturated carbocycles. The fourth-order valence-electron chi connectivity index (χ4n) is 2.63. The third kappa shape index (κ3) is 3.72. The third-order valence-corrected chi connectivity index (χ3v) is 4.08. The summed E-state index contributed by atoms with van der Waals surface area (Å²) in [6.07, 6.45) is 3.59. The van der Waals surface area contributed by atoms with Crippen molar-refractivity contribution in [1.82, 2.24) is 0 Å². The van der Waals surface area contributed by atoms with E-state index in [1.807, 2.05) is 0 Å². The first kappa shape index (κ1) is 14.8. The Morgan fingerprint density at radius 2 is 2.35 bits per heavy atom. The van der Waals surface area contributed by atoms with Gasteiger partial charge in [-0.05, 0) is 44.4 Å². The summed E-state index contributed by atoms with van der Waals surface area (Å²) in [6.45, 7) is 3.66. The average Bonchev–Trinajstić information content (AvgIpc) is 2.41. The summed E-state index contributed by atoms with van der Waals surface area (Å²) in [4.78, 5) is 13.4. The van der Waals surface area contributed by atoms with Gasteiger partial charge in [-0.15, -0.1) is 0 Å². The van der Waals surface area contributed by atoms with Crippen molar-refractivity contribution in [2.75, 3.05) is 18.4 Å². The normalized spacial score (nSPS) is 22.1. The van der Waals surface area contributed by atoms with Crippen LogP contribution >= 0.6 is 11.6 Å². The van der Waals surface area contributed by atoms with E-state index >= 15 is 0 Å². The molecule has 1 aliphatic heterocycles. The molecule has 0 aromatic heterocycles. The van der Waals surface area contributed by atoms with Crippen LogP contribution in [0.3, 0.4) is 0 Å². The van der Waals surface area contributed by atoms with Gasteiger partial charge < -0.3 is 10.2 Å². The third-order valence-electron chi connectivity index (χ3n) is 3.85. The highest BCUT2D eigenvalue weighted by atomic mass is 35.5. The standard InChI is InChI=1S/C15H18ClN3O/c1-11-4-2-3-7-19(11)10-15(20)18-14-8-13(16)6-5-12(14)9-17/h5-6,8,11H,2-4,7,10H2,1H3,(H,18,20)/p+1/t11-/m0/s1. The fraction of sp³-hybridized carbons (Fsp3) is 0.467. The first-order valence-corrected chi connectivity index (χ1v) is 7.32. The lowest BCUT2D eigenvalue weighted by Gasteiger charge is -2.29. The van der Waals surface area contributed by atoms with Crippen molar-refractivity contribution in [3.8, 4) is 6.07 Å². The molecule has 0 radical (unpaired) electrons. The van der Waals surface area contributed by atoms with E-state index in [0.717, 1.165) is 6.54 Å². The number of nitriles is 1. The van der Waals surface area contributed by atoms with Crippen LogP contribution in [0.15, 0.2) is 18.2 Å². The van der Waals surface area contributed by atoms with Gasteiger partial charge in [0.15, 0.2) is 6.54 Å². The van der Waals surface area contributed by atoms with Gasteiger partial charge >= 0.3 is 0 Å². The Kier molecular flexibility index (Phi) is 4.99. The van der Waals surface area contributed by atoms with Gasteiger partial charge in [0, 0.05) is 5.02 Å². The Bertz CT molecular complexity index is 538. The molecule has 1 aromatic rings. The van der Waals surface area contributed by atoms with Crippen LogP contribution < -0.4 is 10.2 Å². The number of anilines is 1. The summed E-state index contributed by atoms with van der Waals surface area (Å²) in [5.74, 6) is -0.0625. The minimum atomic E-state index is -0.0625. The number of benzene rings is 1. The molecule has 20 heavy (non-hydrogen) atoms. The zero-order valence-electron chi connectivity index (χ0n) is 11.6. The first-order chi connectivity index (χ1) is 9.60. The summed E-state index contributed by atoms with van der Waals surface area (Å²) in [5.41, 5.74) is 0.929. The Morgan fingerprint density at radius 1 is 1.55 bits per heavy atom.